The van der Waals surface area contributed by atoms with Crippen LogP contribution in [0.2, 0.25) is 0 Å². The fourth-order valence-electron chi connectivity index (χ4n) is 7.08. The molecule has 2 aromatic carbocycles. The lowest BCUT2D eigenvalue weighted by Crippen LogP contribution is -2.35. The van der Waals surface area contributed by atoms with Crippen LogP contribution in [0, 0.1) is 0 Å². The van der Waals surface area contributed by atoms with Crippen molar-refractivity contribution in [2.45, 2.75) is 143 Å². The standard InChI is InChI=1S/C44H60N2O5S/c1-6-8-10-12-14-16-18-20-26-45-38-28-33(49-5)23-25-39(38)51-41(45)30-35-43(47)36(44(35)48)31-42-46(27-21-19-17-15-13-11-9-7-2)37-24-22-34(50-32(3)4)29-40(37)52-42/h22-25,28-32H,6-21,26-27H2,1-5H3/p+1. The Hall–Kier alpha value is -3.78. The number of Topliss-reactive ketones (excluding diaryl/α,β-unsaturated/α-hetero) is 1. The predicted molar refractivity (Wildman–Crippen MR) is 215 cm³/mol. The first-order valence-electron chi connectivity index (χ1n) is 20.0. The molecular weight excluding hydrogens is 669 g/mol. The van der Waals surface area contributed by atoms with Crippen LogP contribution < -0.4 is 23.7 Å². The number of carbonyl (C=O) groups is 1. The smallest absolute Gasteiger partial charge is 0.263 e. The van der Waals surface area contributed by atoms with Gasteiger partial charge in [0.1, 0.15) is 22.0 Å². The maximum absolute atomic E-state index is 13.7. The van der Waals surface area contributed by atoms with Crippen molar-refractivity contribution in [3.8, 4) is 17.2 Å². The van der Waals surface area contributed by atoms with Crippen molar-refractivity contribution in [1.82, 2.24) is 0 Å². The van der Waals surface area contributed by atoms with E-state index in [9.17, 15) is 9.90 Å². The van der Waals surface area contributed by atoms with Gasteiger partial charge in [0.25, 0.3) is 5.01 Å². The summed E-state index contributed by atoms with van der Waals surface area (Å²) >= 11 is 1.63. The molecule has 7 nitrogen and oxygen atoms in total. The third-order valence-corrected chi connectivity index (χ3v) is 11.1. The summed E-state index contributed by atoms with van der Waals surface area (Å²) < 4.78 is 21.2. The van der Waals surface area contributed by atoms with Gasteiger partial charge in [-0.15, -0.1) is 0 Å². The summed E-state index contributed by atoms with van der Waals surface area (Å²) in [5.41, 5.74) is 2.67. The molecular formula is C44H61N2O5S+. The predicted octanol–water partition coefficient (Wildman–Crippen LogP) is 11.8. The summed E-state index contributed by atoms with van der Waals surface area (Å²) in [7, 11) is 1.66. The maximum Gasteiger partial charge on any atom is 0.263 e. The molecule has 0 spiro atoms. The highest BCUT2D eigenvalue weighted by molar-refractivity contribution is 7.18. The summed E-state index contributed by atoms with van der Waals surface area (Å²) in [5.74, 6) is 2.72. The number of fused-ring (bicyclic) bond motifs is 2. The molecule has 1 aliphatic carbocycles. The van der Waals surface area contributed by atoms with E-state index in [1.54, 1.807) is 24.5 Å². The summed E-state index contributed by atoms with van der Waals surface area (Å²) in [6, 6.07) is 12.0. The zero-order valence-corrected chi connectivity index (χ0v) is 33.1. The molecule has 1 aliphatic heterocycles. The second kappa shape index (κ2) is 19.9. The number of aromatic nitrogens is 1. The number of aryl methyl sites for hydroxylation is 1. The number of thiazole rings is 1. The van der Waals surface area contributed by atoms with Gasteiger partial charge in [0, 0.05) is 43.3 Å². The van der Waals surface area contributed by atoms with Crippen LogP contribution in [0.4, 0.5) is 5.69 Å². The van der Waals surface area contributed by atoms with Crippen molar-refractivity contribution in [3.63, 3.8) is 0 Å². The summed E-state index contributed by atoms with van der Waals surface area (Å²) in [4.78, 5) is 15.8. The normalized spacial score (nSPS) is 15.7. The highest BCUT2D eigenvalue weighted by Crippen LogP contribution is 2.43. The second-order valence-electron chi connectivity index (χ2n) is 14.6. The number of aliphatic hydroxyl groups is 1. The van der Waals surface area contributed by atoms with E-state index in [0.29, 0.717) is 11.5 Å². The number of anilines is 1. The van der Waals surface area contributed by atoms with Crippen molar-refractivity contribution in [2.24, 2.45) is 0 Å². The number of rotatable bonds is 23. The van der Waals surface area contributed by atoms with Gasteiger partial charge in [-0.2, -0.15) is 4.57 Å². The molecule has 282 valence electrons. The van der Waals surface area contributed by atoms with E-state index in [1.165, 1.54) is 83.5 Å². The number of ether oxygens (including phenoxy) is 3. The zero-order chi connectivity index (χ0) is 36.9. The lowest BCUT2D eigenvalue weighted by Gasteiger charge is -2.22. The molecule has 0 radical (unpaired) electrons. The van der Waals surface area contributed by atoms with Gasteiger partial charge >= 0.3 is 0 Å². The topological polar surface area (TPSA) is 72.1 Å². The number of methoxy groups -OCH3 is 1. The molecule has 2 heterocycles. The van der Waals surface area contributed by atoms with Gasteiger partial charge in [0.05, 0.1) is 30.0 Å². The Morgan fingerprint density at radius 3 is 2.10 bits per heavy atom. The highest BCUT2D eigenvalue weighted by atomic mass is 32.1. The van der Waals surface area contributed by atoms with E-state index < -0.39 is 0 Å². The van der Waals surface area contributed by atoms with E-state index in [0.717, 1.165) is 70.5 Å². The van der Waals surface area contributed by atoms with Gasteiger partial charge in [-0.05, 0) is 44.9 Å². The Labute approximate surface area is 316 Å². The fourth-order valence-corrected chi connectivity index (χ4v) is 8.24. The average molecular weight is 730 g/mol. The van der Waals surface area contributed by atoms with Gasteiger partial charge in [0.15, 0.2) is 12.3 Å². The second-order valence-corrected chi connectivity index (χ2v) is 15.6. The molecule has 5 rings (SSSR count). The number of allylic oxidation sites excluding steroid dienone is 3. The Balaban J connectivity index is 1.34. The molecule has 8 heteroatoms. The number of hydrogen-bond acceptors (Lipinski definition) is 7. The Bertz CT molecular complexity index is 1740. The molecule has 0 saturated heterocycles. The Morgan fingerprint density at radius 1 is 0.827 bits per heavy atom. The Kier molecular flexibility index (Phi) is 15.1. The van der Waals surface area contributed by atoms with Crippen LogP contribution >= 0.6 is 11.3 Å². The van der Waals surface area contributed by atoms with Crippen LogP contribution in [-0.4, -0.2) is 30.6 Å². The first-order chi connectivity index (χ1) is 25.3. The largest absolute Gasteiger partial charge is 0.506 e. The highest BCUT2D eigenvalue weighted by Gasteiger charge is 2.37. The minimum Gasteiger partial charge on any atom is -0.506 e. The minimum atomic E-state index is -0.172. The lowest BCUT2D eigenvalue weighted by molar-refractivity contribution is -0.669. The van der Waals surface area contributed by atoms with Gasteiger partial charge < -0.3 is 24.2 Å². The number of ketones is 1. The SMILES string of the molecule is CCCCCCCCCCN1/C(=C\C2=C(O)C(=C\c3sc4cc(OC(C)C)ccc4[n+]3CCCCCCCCCC)/C2=O)Oc2ccc(OC)cc21. The third-order valence-electron chi connectivity index (χ3n) is 10.0. The quantitative estimate of drug-likeness (QED) is 0.0595. The van der Waals surface area contributed by atoms with E-state index >= 15 is 0 Å². The van der Waals surface area contributed by atoms with Crippen molar-refractivity contribution in [2.75, 3.05) is 18.6 Å². The molecule has 0 atom stereocenters. The van der Waals surface area contributed by atoms with Crippen molar-refractivity contribution < 1.29 is 28.7 Å². The van der Waals surface area contributed by atoms with E-state index in [-0.39, 0.29) is 23.2 Å². The molecule has 0 unspecified atom stereocenters. The van der Waals surface area contributed by atoms with Crippen molar-refractivity contribution in [1.29, 1.82) is 0 Å². The number of benzene rings is 2. The van der Waals surface area contributed by atoms with Crippen LogP contribution in [-0.2, 0) is 11.3 Å². The Morgan fingerprint density at radius 2 is 1.46 bits per heavy atom. The maximum atomic E-state index is 13.7. The number of unbranched alkanes of at least 4 members (excludes halogenated alkanes) is 14. The summed E-state index contributed by atoms with van der Waals surface area (Å²) in [5, 5.41) is 12.3. The van der Waals surface area contributed by atoms with Crippen LogP contribution in [0.1, 0.15) is 135 Å². The molecule has 0 saturated carbocycles. The van der Waals surface area contributed by atoms with E-state index in [1.807, 2.05) is 44.2 Å². The first kappa shape index (κ1) is 39.4. The number of hydrogen-bond donors (Lipinski definition) is 1. The lowest BCUT2D eigenvalue weighted by atomic mass is 9.87. The van der Waals surface area contributed by atoms with Gasteiger partial charge in [-0.3, -0.25) is 4.79 Å². The van der Waals surface area contributed by atoms with Crippen molar-refractivity contribution in [3.05, 3.63) is 70.3 Å². The van der Waals surface area contributed by atoms with Crippen molar-refractivity contribution >= 4 is 39.1 Å². The van der Waals surface area contributed by atoms with Gasteiger partial charge in [-0.25, -0.2) is 0 Å². The average Bonchev–Trinajstić information content (AvgIpc) is 3.67. The van der Waals surface area contributed by atoms with Crippen LogP contribution in [0.25, 0.3) is 16.3 Å². The fraction of sp³-hybridized carbons (Fsp3) is 0.545. The molecule has 1 N–H and O–H groups in total. The monoisotopic (exact) mass is 729 g/mol. The van der Waals surface area contributed by atoms with Crippen LogP contribution in [0.3, 0.4) is 0 Å². The molecule has 1 aromatic heterocycles. The molecule has 0 bridgehead atoms. The van der Waals surface area contributed by atoms with Crippen LogP contribution in [0.5, 0.6) is 17.2 Å². The molecule has 0 fully saturated rings. The molecule has 0 amide bonds. The number of aliphatic hydroxyl groups excluding tert-OH is 1. The molecule has 3 aromatic rings. The minimum absolute atomic E-state index is 0.0154. The zero-order valence-electron chi connectivity index (χ0n) is 32.3. The van der Waals surface area contributed by atoms with E-state index in [2.05, 4.69) is 35.4 Å². The summed E-state index contributed by atoms with van der Waals surface area (Å²) in [6.07, 6.45) is 23.5. The van der Waals surface area contributed by atoms with Gasteiger partial charge in [-0.1, -0.05) is 109 Å². The van der Waals surface area contributed by atoms with Gasteiger partial charge in [0.2, 0.25) is 17.2 Å². The number of nitrogens with zero attached hydrogens (tertiary/aromatic N) is 2. The first-order valence-corrected chi connectivity index (χ1v) is 20.8. The third kappa shape index (κ3) is 10.2. The molecule has 52 heavy (non-hydrogen) atoms. The van der Waals surface area contributed by atoms with Crippen LogP contribution in [0.15, 0.2) is 65.3 Å². The molecule has 2 aliphatic rings. The van der Waals surface area contributed by atoms with E-state index in [4.69, 9.17) is 14.2 Å². The summed E-state index contributed by atoms with van der Waals surface area (Å²) in [6.45, 7) is 10.2. The number of carbonyl (C=O) groups excluding carboxylic acids is 1.